The van der Waals surface area contributed by atoms with Crippen LogP contribution in [0.5, 0.6) is 0 Å². The summed E-state index contributed by atoms with van der Waals surface area (Å²) in [6.45, 7) is 0. The van der Waals surface area contributed by atoms with E-state index in [4.69, 9.17) is 10.8 Å². The van der Waals surface area contributed by atoms with Gasteiger partial charge in [0.1, 0.15) is 6.04 Å². The zero-order valence-corrected chi connectivity index (χ0v) is 10.1. The lowest BCUT2D eigenvalue weighted by Crippen LogP contribution is -2.23. The van der Waals surface area contributed by atoms with E-state index in [2.05, 4.69) is 0 Å². The Kier molecular flexibility index (Phi) is 3.73. The number of rotatable bonds is 4. The minimum Gasteiger partial charge on any atom is -0.480 e. The van der Waals surface area contributed by atoms with Crippen LogP contribution in [0.2, 0.25) is 0 Å². The zero-order chi connectivity index (χ0) is 13.8. The van der Waals surface area contributed by atoms with Crippen molar-refractivity contribution in [2.45, 2.75) is 6.04 Å². The fourth-order valence-electron chi connectivity index (χ4n) is 1.85. The molecular formula is C15H13NO3. The highest BCUT2D eigenvalue weighted by Gasteiger charge is 2.21. The van der Waals surface area contributed by atoms with E-state index in [1.165, 1.54) is 0 Å². The fourth-order valence-corrected chi connectivity index (χ4v) is 1.85. The first-order chi connectivity index (χ1) is 9.11. The summed E-state index contributed by atoms with van der Waals surface area (Å²) in [5.74, 6) is -1.39. The highest BCUT2D eigenvalue weighted by Crippen LogP contribution is 2.19. The molecule has 96 valence electrons. The third kappa shape index (κ3) is 2.69. The molecule has 0 heterocycles. The van der Waals surface area contributed by atoms with E-state index >= 15 is 0 Å². The van der Waals surface area contributed by atoms with Crippen molar-refractivity contribution in [3.05, 3.63) is 71.3 Å². The van der Waals surface area contributed by atoms with Crippen LogP contribution in [0.25, 0.3) is 0 Å². The predicted molar refractivity (Wildman–Crippen MR) is 70.9 cm³/mol. The van der Waals surface area contributed by atoms with Gasteiger partial charge in [-0.2, -0.15) is 0 Å². The van der Waals surface area contributed by atoms with Gasteiger partial charge < -0.3 is 10.8 Å². The van der Waals surface area contributed by atoms with Crippen molar-refractivity contribution in [3.8, 4) is 0 Å². The van der Waals surface area contributed by atoms with E-state index in [-0.39, 0.29) is 5.78 Å². The van der Waals surface area contributed by atoms with Crippen molar-refractivity contribution in [1.29, 1.82) is 0 Å². The average molecular weight is 255 g/mol. The summed E-state index contributed by atoms with van der Waals surface area (Å²) in [7, 11) is 0. The van der Waals surface area contributed by atoms with Crippen LogP contribution in [0.1, 0.15) is 27.5 Å². The third-order valence-electron chi connectivity index (χ3n) is 2.84. The minimum absolute atomic E-state index is 0.229. The molecule has 0 aromatic heterocycles. The lowest BCUT2D eigenvalue weighted by molar-refractivity contribution is -0.138. The second-order valence-electron chi connectivity index (χ2n) is 4.10. The van der Waals surface area contributed by atoms with Gasteiger partial charge >= 0.3 is 5.97 Å². The number of carboxylic acid groups (broad SMARTS) is 1. The van der Waals surface area contributed by atoms with E-state index in [0.717, 1.165) is 0 Å². The van der Waals surface area contributed by atoms with Crippen molar-refractivity contribution in [2.75, 3.05) is 0 Å². The normalized spacial score (nSPS) is 11.8. The quantitative estimate of drug-likeness (QED) is 0.819. The molecule has 0 amide bonds. The van der Waals surface area contributed by atoms with Crippen LogP contribution >= 0.6 is 0 Å². The van der Waals surface area contributed by atoms with Gasteiger partial charge in [0.2, 0.25) is 0 Å². The highest BCUT2D eigenvalue weighted by molar-refractivity contribution is 6.10. The highest BCUT2D eigenvalue weighted by atomic mass is 16.4. The van der Waals surface area contributed by atoms with Gasteiger partial charge in [-0.1, -0.05) is 54.6 Å². The predicted octanol–water partition coefficient (Wildman–Crippen LogP) is 2.00. The number of benzene rings is 2. The maximum Gasteiger partial charge on any atom is 0.325 e. The number of carbonyl (C=O) groups excluding carboxylic acids is 1. The molecule has 0 bridgehead atoms. The molecule has 1 unspecified atom stereocenters. The molecule has 4 heteroatoms. The second kappa shape index (κ2) is 5.46. The van der Waals surface area contributed by atoms with Gasteiger partial charge in [0, 0.05) is 11.1 Å². The summed E-state index contributed by atoms with van der Waals surface area (Å²) in [4.78, 5) is 23.3. The van der Waals surface area contributed by atoms with E-state index in [9.17, 15) is 9.59 Å². The molecular weight excluding hydrogens is 242 g/mol. The van der Waals surface area contributed by atoms with Gasteiger partial charge in [-0.05, 0) is 5.56 Å². The van der Waals surface area contributed by atoms with Crippen LogP contribution in [-0.4, -0.2) is 16.9 Å². The van der Waals surface area contributed by atoms with Gasteiger partial charge in [0.15, 0.2) is 5.78 Å². The SMILES string of the molecule is NC(C(=O)O)c1ccccc1C(=O)c1ccccc1. The molecule has 2 aromatic rings. The van der Waals surface area contributed by atoms with Crippen LogP contribution < -0.4 is 5.73 Å². The molecule has 0 aliphatic carbocycles. The van der Waals surface area contributed by atoms with E-state index < -0.39 is 12.0 Å². The Balaban J connectivity index is 2.46. The molecule has 1 atom stereocenters. The van der Waals surface area contributed by atoms with Gasteiger partial charge in [-0.3, -0.25) is 9.59 Å². The van der Waals surface area contributed by atoms with E-state index in [1.807, 2.05) is 6.07 Å². The summed E-state index contributed by atoms with van der Waals surface area (Å²) in [6.07, 6.45) is 0. The molecule has 0 radical (unpaired) electrons. The Morgan fingerprint density at radius 2 is 1.53 bits per heavy atom. The molecule has 0 aliphatic rings. The van der Waals surface area contributed by atoms with Crippen LogP contribution in [0.3, 0.4) is 0 Å². The van der Waals surface area contributed by atoms with Gasteiger partial charge in [0.25, 0.3) is 0 Å². The molecule has 4 nitrogen and oxygen atoms in total. The number of aliphatic carboxylic acids is 1. The lowest BCUT2D eigenvalue weighted by atomic mass is 9.94. The molecule has 0 saturated heterocycles. The molecule has 0 saturated carbocycles. The Labute approximate surface area is 110 Å². The van der Waals surface area contributed by atoms with Gasteiger partial charge in [0.05, 0.1) is 0 Å². The van der Waals surface area contributed by atoms with Crippen LogP contribution in [0, 0.1) is 0 Å². The summed E-state index contributed by atoms with van der Waals surface area (Å²) >= 11 is 0. The van der Waals surface area contributed by atoms with Gasteiger partial charge in [-0.15, -0.1) is 0 Å². The average Bonchev–Trinajstić information content (AvgIpc) is 2.46. The van der Waals surface area contributed by atoms with Crippen molar-refractivity contribution in [3.63, 3.8) is 0 Å². The lowest BCUT2D eigenvalue weighted by Gasteiger charge is -2.12. The first-order valence-corrected chi connectivity index (χ1v) is 5.78. The molecule has 3 N–H and O–H groups in total. The molecule has 2 rings (SSSR count). The monoisotopic (exact) mass is 255 g/mol. The largest absolute Gasteiger partial charge is 0.480 e. The molecule has 2 aromatic carbocycles. The number of hydrogen-bond donors (Lipinski definition) is 2. The van der Waals surface area contributed by atoms with Gasteiger partial charge in [-0.25, -0.2) is 0 Å². The van der Waals surface area contributed by atoms with Crippen molar-refractivity contribution < 1.29 is 14.7 Å². The van der Waals surface area contributed by atoms with Crippen LogP contribution in [0.4, 0.5) is 0 Å². The summed E-state index contributed by atoms with van der Waals surface area (Å²) in [5, 5.41) is 8.98. The van der Waals surface area contributed by atoms with Crippen LogP contribution in [0.15, 0.2) is 54.6 Å². The Hall–Kier alpha value is -2.46. The Bertz CT molecular complexity index is 608. The van der Waals surface area contributed by atoms with E-state index in [0.29, 0.717) is 16.7 Å². The molecule has 19 heavy (non-hydrogen) atoms. The smallest absolute Gasteiger partial charge is 0.325 e. The summed E-state index contributed by atoms with van der Waals surface area (Å²) in [5.41, 5.74) is 6.76. The molecule has 0 aliphatic heterocycles. The topological polar surface area (TPSA) is 80.4 Å². The zero-order valence-electron chi connectivity index (χ0n) is 10.1. The first-order valence-electron chi connectivity index (χ1n) is 5.78. The van der Waals surface area contributed by atoms with Crippen molar-refractivity contribution in [1.82, 2.24) is 0 Å². The molecule has 0 fully saturated rings. The first kappa shape index (κ1) is 13.0. The number of nitrogens with two attached hydrogens (primary N) is 1. The minimum atomic E-state index is -1.20. The van der Waals surface area contributed by atoms with Crippen molar-refractivity contribution >= 4 is 11.8 Å². The van der Waals surface area contributed by atoms with Crippen LogP contribution in [-0.2, 0) is 4.79 Å². The Morgan fingerprint density at radius 1 is 0.947 bits per heavy atom. The Morgan fingerprint density at radius 3 is 2.16 bits per heavy atom. The van der Waals surface area contributed by atoms with E-state index in [1.54, 1.807) is 48.5 Å². The number of carboxylic acids is 1. The maximum atomic E-state index is 12.3. The molecule has 0 spiro atoms. The summed E-state index contributed by atoms with van der Waals surface area (Å²) in [6, 6.07) is 14.0. The third-order valence-corrected chi connectivity index (χ3v) is 2.84. The number of ketones is 1. The van der Waals surface area contributed by atoms with Crippen molar-refractivity contribution in [2.24, 2.45) is 5.73 Å². The fraction of sp³-hybridized carbons (Fsp3) is 0.0667. The maximum absolute atomic E-state index is 12.3. The number of hydrogen-bond acceptors (Lipinski definition) is 3. The standard InChI is InChI=1S/C15H13NO3/c16-13(15(18)19)11-8-4-5-9-12(11)14(17)10-6-2-1-3-7-10/h1-9,13H,16H2,(H,18,19). The number of carbonyl (C=O) groups is 2. The second-order valence-corrected chi connectivity index (χ2v) is 4.10. The summed E-state index contributed by atoms with van der Waals surface area (Å²) < 4.78 is 0.